The van der Waals surface area contributed by atoms with Gasteiger partial charge < -0.3 is 4.98 Å². The van der Waals surface area contributed by atoms with Crippen LogP contribution in [0.25, 0.3) is 11.0 Å². The zero-order chi connectivity index (χ0) is 16.8. The Hall–Kier alpha value is -2.84. The molecule has 0 radical (unpaired) electrons. The number of halogens is 3. The maximum Gasteiger partial charge on any atom is 0.416 e. The van der Waals surface area contributed by atoms with E-state index in [2.05, 4.69) is 15.1 Å². The van der Waals surface area contributed by atoms with Gasteiger partial charge in [-0.3, -0.25) is 19.4 Å². The van der Waals surface area contributed by atoms with E-state index in [-0.39, 0.29) is 17.6 Å². The Morgan fingerprint density at radius 3 is 2.39 bits per heavy atom. The lowest BCUT2D eigenvalue weighted by Crippen LogP contribution is -2.15. The third-order valence-electron chi connectivity index (χ3n) is 3.36. The largest absolute Gasteiger partial charge is 0.416 e. The normalized spacial score (nSPS) is 12.0. The number of benzene rings is 1. The summed E-state index contributed by atoms with van der Waals surface area (Å²) in [5.74, 6) is 0.336. The van der Waals surface area contributed by atoms with Gasteiger partial charge in [0, 0.05) is 0 Å². The van der Waals surface area contributed by atoms with Crippen molar-refractivity contribution in [3.63, 3.8) is 0 Å². The van der Waals surface area contributed by atoms with Crippen LogP contribution in [0.5, 0.6) is 0 Å². The fourth-order valence-electron chi connectivity index (χ4n) is 2.30. The summed E-state index contributed by atoms with van der Waals surface area (Å²) < 4.78 is 39.0. The van der Waals surface area contributed by atoms with E-state index in [0.717, 1.165) is 12.1 Å². The fourth-order valence-corrected chi connectivity index (χ4v) is 2.30. The van der Waals surface area contributed by atoms with Gasteiger partial charge in [-0.25, -0.2) is 4.98 Å². The number of aromatic amines is 2. The van der Waals surface area contributed by atoms with Crippen molar-refractivity contribution >= 4 is 11.0 Å². The highest BCUT2D eigenvalue weighted by molar-refractivity contribution is 5.73. The van der Waals surface area contributed by atoms with Crippen molar-refractivity contribution in [1.82, 2.24) is 19.7 Å². The molecule has 9 heteroatoms. The summed E-state index contributed by atoms with van der Waals surface area (Å²) in [7, 11) is 0. The number of hydrogen-bond donors (Lipinski definition) is 2. The fraction of sp³-hybridized carbons (Fsp3) is 0.214. The number of fused-ring (bicyclic) bond motifs is 1. The van der Waals surface area contributed by atoms with Crippen LogP contribution in [-0.4, -0.2) is 19.7 Å². The monoisotopic (exact) mass is 324 g/mol. The molecule has 2 aromatic heterocycles. The molecule has 0 aliphatic rings. The van der Waals surface area contributed by atoms with Gasteiger partial charge in [-0.05, 0) is 24.6 Å². The maximum atomic E-state index is 12.5. The first-order valence-electron chi connectivity index (χ1n) is 6.61. The molecule has 0 amide bonds. The number of rotatable bonds is 2. The number of aromatic nitrogens is 4. The van der Waals surface area contributed by atoms with Gasteiger partial charge in [0.2, 0.25) is 0 Å². The van der Waals surface area contributed by atoms with Crippen molar-refractivity contribution in [3.8, 4) is 0 Å². The molecule has 0 aliphatic carbocycles. The number of hydrogen-bond acceptors (Lipinski definition) is 3. The van der Waals surface area contributed by atoms with Crippen LogP contribution in [0, 0.1) is 6.92 Å². The Morgan fingerprint density at radius 2 is 1.78 bits per heavy atom. The minimum absolute atomic E-state index is 0.0901. The van der Waals surface area contributed by atoms with Gasteiger partial charge in [-0.2, -0.15) is 13.2 Å². The lowest BCUT2D eigenvalue weighted by Gasteiger charge is -2.08. The Balaban J connectivity index is 2.02. The molecule has 0 atom stereocenters. The standard InChI is InChI=1S/C14H11F3N4O2/c1-7-18-11-10(12(22)19-7)13(23)20-21(11)6-8-2-4-9(5-3-8)14(15,16)17/h2-5H,6H2,1H3,(H,20,23)(H,18,19,22). The summed E-state index contributed by atoms with van der Waals surface area (Å²) >= 11 is 0. The highest BCUT2D eigenvalue weighted by atomic mass is 19.4. The van der Waals surface area contributed by atoms with Crippen molar-refractivity contribution in [2.45, 2.75) is 19.6 Å². The Kier molecular flexibility index (Phi) is 3.35. The molecular formula is C14H11F3N4O2. The number of nitrogens with one attached hydrogen (secondary N) is 2. The first-order chi connectivity index (χ1) is 10.8. The van der Waals surface area contributed by atoms with E-state index in [4.69, 9.17) is 0 Å². The molecule has 3 aromatic rings. The second-order valence-corrected chi connectivity index (χ2v) is 5.07. The third-order valence-corrected chi connectivity index (χ3v) is 3.36. The first-order valence-corrected chi connectivity index (χ1v) is 6.61. The molecule has 2 N–H and O–H groups in total. The zero-order valence-corrected chi connectivity index (χ0v) is 11.9. The van der Waals surface area contributed by atoms with Crippen LogP contribution in [0.4, 0.5) is 13.2 Å². The van der Waals surface area contributed by atoms with Crippen LogP contribution < -0.4 is 11.1 Å². The highest BCUT2D eigenvalue weighted by Gasteiger charge is 2.29. The lowest BCUT2D eigenvalue weighted by atomic mass is 10.1. The van der Waals surface area contributed by atoms with E-state index in [1.165, 1.54) is 16.8 Å². The smallest absolute Gasteiger partial charge is 0.310 e. The molecule has 6 nitrogen and oxygen atoms in total. The SMILES string of the molecule is Cc1nc2c(c(=O)[nH]1)c(=O)[nH]n2Cc1ccc(C(F)(F)F)cc1. The molecule has 3 rings (SSSR count). The molecule has 120 valence electrons. The quantitative estimate of drug-likeness (QED) is 0.754. The zero-order valence-electron chi connectivity index (χ0n) is 11.9. The molecular weight excluding hydrogens is 313 g/mol. The lowest BCUT2D eigenvalue weighted by molar-refractivity contribution is -0.137. The summed E-state index contributed by atoms with van der Waals surface area (Å²) in [5.41, 5.74) is -1.21. The van der Waals surface area contributed by atoms with E-state index in [0.29, 0.717) is 11.4 Å². The number of aryl methyl sites for hydroxylation is 1. The molecule has 0 spiro atoms. The Morgan fingerprint density at radius 1 is 1.13 bits per heavy atom. The number of nitrogens with zero attached hydrogens (tertiary/aromatic N) is 2. The van der Waals surface area contributed by atoms with Crippen LogP contribution in [0.2, 0.25) is 0 Å². The van der Waals surface area contributed by atoms with Crippen LogP contribution in [0.3, 0.4) is 0 Å². The van der Waals surface area contributed by atoms with Gasteiger partial charge >= 0.3 is 6.18 Å². The molecule has 0 saturated carbocycles. The van der Waals surface area contributed by atoms with Crippen LogP contribution >= 0.6 is 0 Å². The number of alkyl halides is 3. The van der Waals surface area contributed by atoms with Gasteiger partial charge in [-0.1, -0.05) is 12.1 Å². The van der Waals surface area contributed by atoms with E-state index in [1.807, 2.05) is 0 Å². The van der Waals surface area contributed by atoms with Gasteiger partial charge in [0.15, 0.2) is 11.0 Å². The average Bonchev–Trinajstić information content (AvgIpc) is 2.74. The predicted molar refractivity (Wildman–Crippen MR) is 76.3 cm³/mol. The van der Waals surface area contributed by atoms with Crippen molar-refractivity contribution < 1.29 is 13.2 Å². The van der Waals surface area contributed by atoms with E-state index in [9.17, 15) is 22.8 Å². The van der Waals surface area contributed by atoms with Crippen molar-refractivity contribution in [2.24, 2.45) is 0 Å². The molecule has 0 aliphatic heterocycles. The highest BCUT2D eigenvalue weighted by Crippen LogP contribution is 2.29. The summed E-state index contributed by atoms with van der Waals surface area (Å²) in [5, 5.41) is 2.36. The third kappa shape index (κ3) is 2.77. The van der Waals surface area contributed by atoms with Crippen molar-refractivity contribution in [2.75, 3.05) is 0 Å². The van der Waals surface area contributed by atoms with Crippen molar-refractivity contribution in [3.05, 3.63) is 61.9 Å². The summed E-state index contributed by atoms with van der Waals surface area (Å²) in [6.45, 7) is 1.66. The molecule has 0 bridgehead atoms. The molecule has 0 unspecified atom stereocenters. The summed E-state index contributed by atoms with van der Waals surface area (Å²) in [6.07, 6.45) is -4.40. The van der Waals surface area contributed by atoms with E-state index >= 15 is 0 Å². The van der Waals surface area contributed by atoms with Crippen molar-refractivity contribution in [1.29, 1.82) is 0 Å². The molecule has 23 heavy (non-hydrogen) atoms. The summed E-state index contributed by atoms with van der Waals surface area (Å²) in [6, 6.07) is 4.55. The summed E-state index contributed by atoms with van der Waals surface area (Å²) in [4.78, 5) is 30.1. The molecule has 0 fully saturated rings. The van der Waals surface area contributed by atoms with Gasteiger partial charge in [0.05, 0.1) is 12.1 Å². The number of H-pyrrole nitrogens is 2. The predicted octanol–water partition coefficient (Wildman–Crippen LogP) is 1.79. The molecule has 2 heterocycles. The Bertz CT molecular complexity index is 980. The van der Waals surface area contributed by atoms with Gasteiger partial charge in [0.25, 0.3) is 11.1 Å². The van der Waals surface area contributed by atoms with Crippen LogP contribution in [0.1, 0.15) is 17.0 Å². The second kappa shape index (κ2) is 5.11. The Labute approximate surface area is 126 Å². The van der Waals surface area contributed by atoms with Crippen LogP contribution in [0.15, 0.2) is 33.9 Å². The topological polar surface area (TPSA) is 83.5 Å². The maximum absolute atomic E-state index is 12.5. The average molecular weight is 324 g/mol. The second-order valence-electron chi connectivity index (χ2n) is 5.07. The van der Waals surface area contributed by atoms with Gasteiger partial charge in [-0.15, -0.1) is 0 Å². The minimum atomic E-state index is -4.40. The van der Waals surface area contributed by atoms with Gasteiger partial charge in [0.1, 0.15) is 5.82 Å². The van der Waals surface area contributed by atoms with E-state index < -0.39 is 22.9 Å². The minimum Gasteiger partial charge on any atom is -0.310 e. The molecule has 1 aromatic carbocycles. The van der Waals surface area contributed by atoms with E-state index in [1.54, 1.807) is 6.92 Å². The molecule has 0 saturated heterocycles. The first kappa shape index (κ1) is 15.1. The van der Waals surface area contributed by atoms with Crippen LogP contribution in [-0.2, 0) is 12.7 Å².